The van der Waals surface area contributed by atoms with Crippen LogP contribution in [-0.2, 0) is 16.1 Å². The third-order valence-electron chi connectivity index (χ3n) is 7.27. The fourth-order valence-corrected chi connectivity index (χ4v) is 5.73. The van der Waals surface area contributed by atoms with Gasteiger partial charge in [-0.2, -0.15) is 0 Å². The van der Waals surface area contributed by atoms with Crippen molar-refractivity contribution in [1.82, 2.24) is 20.9 Å². The summed E-state index contributed by atoms with van der Waals surface area (Å²) in [4.78, 5) is 50.8. The summed E-state index contributed by atoms with van der Waals surface area (Å²) in [5, 5.41) is 9.37. The number of piperidine rings is 1. The van der Waals surface area contributed by atoms with Crippen molar-refractivity contribution in [3.8, 4) is 0 Å². The first kappa shape index (κ1) is 19.4. The molecule has 4 aliphatic rings. The van der Waals surface area contributed by atoms with Crippen LogP contribution in [-0.4, -0.2) is 53.7 Å². The molecule has 1 aliphatic carbocycles. The molecule has 30 heavy (non-hydrogen) atoms. The van der Waals surface area contributed by atoms with Crippen LogP contribution in [0.4, 0.5) is 0 Å². The Morgan fingerprint density at radius 3 is 2.80 bits per heavy atom. The average Bonchev–Trinajstić information content (AvgIpc) is 3.35. The van der Waals surface area contributed by atoms with Gasteiger partial charge in [0.2, 0.25) is 11.8 Å². The van der Waals surface area contributed by atoms with Crippen LogP contribution >= 0.6 is 0 Å². The number of hydrogen-bond acceptors (Lipinski definition) is 6. The van der Waals surface area contributed by atoms with Gasteiger partial charge in [-0.3, -0.25) is 29.4 Å². The van der Waals surface area contributed by atoms with Crippen LogP contribution in [0.1, 0.15) is 64.8 Å². The zero-order valence-corrected chi connectivity index (χ0v) is 16.8. The normalized spacial score (nSPS) is 30.6. The van der Waals surface area contributed by atoms with Gasteiger partial charge in [-0.05, 0) is 49.3 Å². The molecule has 8 heteroatoms. The zero-order chi connectivity index (χ0) is 20.9. The first-order valence-corrected chi connectivity index (χ1v) is 10.8. The lowest BCUT2D eigenvalue weighted by Gasteiger charge is -2.29. The summed E-state index contributed by atoms with van der Waals surface area (Å²) in [6.07, 6.45) is 5.13. The van der Waals surface area contributed by atoms with E-state index in [1.807, 2.05) is 6.07 Å². The molecule has 0 spiro atoms. The maximum Gasteiger partial charge on any atom is 0.262 e. The number of imide groups is 2. The third kappa shape index (κ3) is 2.97. The van der Waals surface area contributed by atoms with E-state index in [1.54, 1.807) is 12.1 Å². The Balaban J connectivity index is 1.33. The van der Waals surface area contributed by atoms with Gasteiger partial charge in [0.05, 0.1) is 11.1 Å². The summed E-state index contributed by atoms with van der Waals surface area (Å²) in [5.41, 5.74) is 1.78. The number of carbonyl (C=O) groups excluding carboxylic acids is 4. The molecule has 3 atom stereocenters. The minimum atomic E-state index is -0.932. The van der Waals surface area contributed by atoms with E-state index in [9.17, 15) is 19.2 Å². The van der Waals surface area contributed by atoms with E-state index in [4.69, 9.17) is 0 Å². The van der Waals surface area contributed by atoms with Crippen molar-refractivity contribution < 1.29 is 19.2 Å². The van der Waals surface area contributed by atoms with Crippen LogP contribution in [0.15, 0.2) is 18.2 Å². The van der Waals surface area contributed by atoms with Crippen molar-refractivity contribution in [1.29, 1.82) is 0 Å². The maximum absolute atomic E-state index is 13.2. The highest BCUT2D eigenvalue weighted by Gasteiger charge is 2.47. The Labute approximate surface area is 174 Å². The highest BCUT2D eigenvalue weighted by molar-refractivity contribution is 6.24. The van der Waals surface area contributed by atoms with Crippen LogP contribution in [0.25, 0.3) is 0 Å². The second-order valence-corrected chi connectivity index (χ2v) is 8.90. The number of nitrogens with one attached hydrogen (secondary N) is 3. The number of amides is 4. The molecule has 3 fully saturated rings. The quantitative estimate of drug-likeness (QED) is 0.617. The smallest absolute Gasteiger partial charge is 0.262 e. The molecule has 1 aromatic carbocycles. The van der Waals surface area contributed by atoms with E-state index in [0.29, 0.717) is 23.7 Å². The van der Waals surface area contributed by atoms with Gasteiger partial charge in [0.25, 0.3) is 11.8 Å². The van der Waals surface area contributed by atoms with Gasteiger partial charge in [-0.25, -0.2) is 0 Å². The molecule has 158 valence electrons. The Kier molecular flexibility index (Phi) is 4.71. The van der Waals surface area contributed by atoms with Crippen LogP contribution in [0.5, 0.6) is 0 Å². The van der Waals surface area contributed by atoms with E-state index in [0.717, 1.165) is 30.0 Å². The Morgan fingerprint density at radius 2 is 1.97 bits per heavy atom. The number of nitrogens with zero attached hydrogens (tertiary/aromatic N) is 1. The van der Waals surface area contributed by atoms with E-state index in [-0.39, 0.29) is 24.2 Å². The first-order valence-electron chi connectivity index (χ1n) is 10.8. The standard InChI is InChI=1S/C22H26N4O4/c27-17-7-6-15(19(28)25-17)26-20(29)14-4-1-3-13(18(14)21(26)30)11-23-12-22-8-2-5-16(22)24-10-9-22/h1,3-4,15-16,23-24H,2,5-12H2,(H,25,27,28)/t15?,16-,22-/m1/s1. The highest BCUT2D eigenvalue weighted by Crippen LogP contribution is 2.44. The van der Waals surface area contributed by atoms with Gasteiger partial charge >= 0.3 is 0 Å². The molecule has 0 bridgehead atoms. The van der Waals surface area contributed by atoms with E-state index >= 15 is 0 Å². The lowest BCUT2D eigenvalue weighted by Crippen LogP contribution is -2.54. The van der Waals surface area contributed by atoms with Gasteiger partial charge < -0.3 is 10.6 Å². The molecule has 0 radical (unpaired) electrons. The monoisotopic (exact) mass is 410 g/mol. The summed E-state index contributed by atoms with van der Waals surface area (Å²) in [6, 6.07) is 4.92. The number of hydrogen-bond donors (Lipinski definition) is 3. The predicted molar refractivity (Wildman–Crippen MR) is 108 cm³/mol. The lowest BCUT2D eigenvalue weighted by atomic mass is 9.82. The van der Waals surface area contributed by atoms with E-state index in [2.05, 4.69) is 16.0 Å². The van der Waals surface area contributed by atoms with E-state index < -0.39 is 23.8 Å². The second-order valence-electron chi connectivity index (χ2n) is 8.90. The van der Waals surface area contributed by atoms with Crippen molar-refractivity contribution in [2.75, 3.05) is 13.1 Å². The molecule has 1 unspecified atom stereocenters. The fraction of sp³-hybridized carbons (Fsp3) is 0.545. The summed E-state index contributed by atoms with van der Waals surface area (Å²) in [6.45, 7) is 2.44. The first-order chi connectivity index (χ1) is 14.5. The van der Waals surface area contributed by atoms with Gasteiger partial charge in [0, 0.05) is 25.6 Å². The maximum atomic E-state index is 13.2. The van der Waals surface area contributed by atoms with E-state index in [1.165, 1.54) is 19.3 Å². The number of carbonyl (C=O) groups is 4. The molecular weight excluding hydrogens is 384 g/mol. The molecule has 4 amide bonds. The topological polar surface area (TPSA) is 108 Å². The lowest BCUT2D eigenvalue weighted by molar-refractivity contribution is -0.136. The third-order valence-corrected chi connectivity index (χ3v) is 7.27. The van der Waals surface area contributed by atoms with Crippen molar-refractivity contribution in [3.05, 3.63) is 34.9 Å². The van der Waals surface area contributed by atoms with Crippen molar-refractivity contribution >= 4 is 23.6 Å². The number of fused-ring (bicyclic) bond motifs is 2. The fourth-order valence-electron chi connectivity index (χ4n) is 5.73. The van der Waals surface area contributed by atoms with Gasteiger partial charge in [0.1, 0.15) is 6.04 Å². The number of benzene rings is 1. The number of rotatable bonds is 5. The molecule has 1 aromatic rings. The summed E-state index contributed by atoms with van der Waals surface area (Å²) >= 11 is 0. The second kappa shape index (κ2) is 7.28. The molecule has 3 N–H and O–H groups in total. The molecule has 3 heterocycles. The summed E-state index contributed by atoms with van der Waals surface area (Å²) in [5.74, 6) is -1.86. The SMILES string of the molecule is O=C1CCC(N2C(=O)c3cccc(CNC[C@]45CCC[C@H]4NCC5)c3C2=O)C(=O)N1. The van der Waals surface area contributed by atoms with Gasteiger partial charge in [-0.15, -0.1) is 0 Å². The van der Waals surface area contributed by atoms with Crippen molar-refractivity contribution in [2.45, 2.75) is 57.2 Å². The van der Waals surface area contributed by atoms with Crippen LogP contribution in [0, 0.1) is 5.41 Å². The zero-order valence-electron chi connectivity index (χ0n) is 16.8. The Bertz CT molecular complexity index is 933. The molecule has 5 rings (SSSR count). The molecular formula is C22H26N4O4. The molecule has 8 nitrogen and oxygen atoms in total. The predicted octanol–water partition coefficient (Wildman–Crippen LogP) is 0.710. The van der Waals surface area contributed by atoms with Crippen LogP contribution in [0.3, 0.4) is 0 Å². The Morgan fingerprint density at radius 1 is 1.10 bits per heavy atom. The summed E-state index contributed by atoms with van der Waals surface area (Å²) in [7, 11) is 0. The van der Waals surface area contributed by atoms with Crippen LogP contribution < -0.4 is 16.0 Å². The molecule has 0 aromatic heterocycles. The largest absolute Gasteiger partial charge is 0.313 e. The molecule has 2 saturated heterocycles. The minimum Gasteiger partial charge on any atom is -0.313 e. The van der Waals surface area contributed by atoms with Crippen molar-refractivity contribution in [3.63, 3.8) is 0 Å². The average molecular weight is 410 g/mol. The molecule has 1 saturated carbocycles. The molecule has 3 aliphatic heterocycles. The highest BCUT2D eigenvalue weighted by atomic mass is 16.2. The summed E-state index contributed by atoms with van der Waals surface area (Å²) < 4.78 is 0. The van der Waals surface area contributed by atoms with Gasteiger partial charge in [-0.1, -0.05) is 18.6 Å². The van der Waals surface area contributed by atoms with Crippen LogP contribution in [0.2, 0.25) is 0 Å². The van der Waals surface area contributed by atoms with Gasteiger partial charge in [0.15, 0.2) is 0 Å². The minimum absolute atomic E-state index is 0.121. The van der Waals surface area contributed by atoms with Crippen molar-refractivity contribution in [2.24, 2.45) is 5.41 Å². The Hall–Kier alpha value is -2.58.